The second kappa shape index (κ2) is 11.7. The minimum atomic E-state index is -1.10. The molecule has 1 amide bonds. The molecule has 0 heterocycles. The van der Waals surface area contributed by atoms with Crippen LogP contribution in [0.25, 0.3) is 0 Å². The first-order chi connectivity index (χ1) is 20.0. The number of hydrogen-bond donors (Lipinski definition) is 3. The van der Waals surface area contributed by atoms with Crippen molar-refractivity contribution in [1.29, 1.82) is 0 Å². The van der Waals surface area contributed by atoms with Crippen molar-refractivity contribution < 1.29 is 34.3 Å². The lowest BCUT2D eigenvalue weighted by atomic mass is 9.47. The average Bonchev–Trinajstić information content (AvgIpc) is 3.27. The summed E-state index contributed by atoms with van der Waals surface area (Å²) in [7, 11) is 1.18. The van der Waals surface area contributed by atoms with Gasteiger partial charge in [0.05, 0.1) is 23.8 Å². The van der Waals surface area contributed by atoms with Crippen LogP contribution in [0.4, 0.5) is 5.69 Å². The first kappa shape index (κ1) is 30.0. The molecule has 0 aliphatic heterocycles. The van der Waals surface area contributed by atoms with Crippen LogP contribution in [0.15, 0.2) is 35.0 Å². The van der Waals surface area contributed by atoms with Gasteiger partial charge in [-0.15, -0.1) is 0 Å². The van der Waals surface area contributed by atoms with Gasteiger partial charge in [-0.1, -0.05) is 30.6 Å². The highest BCUT2D eigenvalue weighted by molar-refractivity contribution is 5.96. The van der Waals surface area contributed by atoms with Gasteiger partial charge < -0.3 is 25.1 Å². The van der Waals surface area contributed by atoms with Crippen molar-refractivity contribution in [2.24, 2.45) is 33.7 Å². The molecular weight excluding hydrogens is 542 g/mol. The highest BCUT2D eigenvalue weighted by atomic mass is 16.6. The second-order valence-corrected chi connectivity index (χ2v) is 12.9. The number of nitro groups is 1. The van der Waals surface area contributed by atoms with E-state index in [0.29, 0.717) is 23.3 Å². The number of phenols is 1. The number of allylic oxidation sites excluding steroid dienone is 2. The van der Waals surface area contributed by atoms with Crippen molar-refractivity contribution in [2.45, 2.75) is 83.8 Å². The minimum absolute atomic E-state index is 0.0589. The van der Waals surface area contributed by atoms with Gasteiger partial charge in [-0.2, -0.15) is 0 Å². The van der Waals surface area contributed by atoms with Gasteiger partial charge in [0, 0.05) is 12.5 Å². The van der Waals surface area contributed by atoms with Crippen LogP contribution in [0.3, 0.4) is 0 Å². The number of nitro benzene ring substituents is 1. The van der Waals surface area contributed by atoms with Crippen molar-refractivity contribution >= 4 is 23.3 Å². The largest absolute Gasteiger partial charge is 0.502 e. The fraction of sp³-hybridized carbons (Fsp3) is 0.645. The lowest BCUT2D eigenvalue weighted by Crippen LogP contribution is -2.51. The van der Waals surface area contributed by atoms with Gasteiger partial charge in [-0.05, 0) is 97.7 Å². The molecule has 3 saturated carbocycles. The van der Waals surface area contributed by atoms with Gasteiger partial charge >= 0.3 is 11.7 Å². The standard InChI is InChI=1S/C31H41N3O8/c1-30-12-10-20(16-19(30)5-6-21-22-7-9-27(36)31(22,2)13-11-23(21)30)33-42-17-28(37)32-24(29(38)41-3)14-18-4-8-26(35)25(15-18)34(39)40/h4,8,15-16,21-24,27,35-36H,5-7,9-14,17H2,1-3H3,(H,32,37)/b33-20+/t21-,22-,23-,24-,27-,30-,31-/m0/s1. The number of nitrogens with zero attached hydrogens (tertiary/aromatic N) is 2. The first-order valence-corrected chi connectivity index (χ1v) is 14.9. The molecule has 42 heavy (non-hydrogen) atoms. The third-order valence-electron chi connectivity index (χ3n) is 10.8. The van der Waals surface area contributed by atoms with E-state index in [9.17, 15) is 29.9 Å². The number of rotatable bonds is 8. The van der Waals surface area contributed by atoms with E-state index in [1.54, 1.807) is 0 Å². The number of ether oxygens (including phenoxy) is 1. The maximum absolute atomic E-state index is 12.6. The van der Waals surface area contributed by atoms with Crippen LogP contribution in [-0.2, 0) is 25.6 Å². The fourth-order valence-electron chi connectivity index (χ4n) is 8.44. The smallest absolute Gasteiger partial charge is 0.328 e. The molecular formula is C31H41N3O8. The zero-order valence-corrected chi connectivity index (χ0v) is 24.5. The van der Waals surface area contributed by atoms with Crippen LogP contribution in [0, 0.1) is 38.7 Å². The molecule has 0 unspecified atom stereocenters. The SMILES string of the molecule is COC(=O)[C@H](Cc1ccc(O)c([N+](=O)[O-])c1)NC(=O)CO/N=C1/C=C2CC[C@H]3[C@@H]4CC[C@H](O)[C@@]4(C)CC[C@@H]3[C@@]2(C)CC1. The Morgan fingerprint density at radius 2 is 1.95 bits per heavy atom. The molecule has 0 bridgehead atoms. The molecule has 5 rings (SSSR count). The normalized spacial score (nSPS) is 33.4. The van der Waals surface area contributed by atoms with E-state index in [4.69, 9.17) is 9.57 Å². The molecule has 1 aromatic carbocycles. The second-order valence-electron chi connectivity index (χ2n) is 12.9. The number of fused-ring (bicyclic) bond motifs is 5. The van der Waals surface area contributed by atoms with Crippen LogP contribution >= 0.6 is 0 Å². The van der Waals surface area contributed by atoms with Crippen LogP contribution in [-0.4, -0.2) is 58.6 Å². The number of benzene rings is 1. The summed E-state index contributed by atoms with van der Waals surface area (Å²) >= 11 is 0. The lowest BCUT2D eigenvalue weighted by Gasteiger charge is -2.57. The molecule has 11 nitrogen and oxygen atoms in total. The van der Waals surface area contributed by atoms with Crippen molar-refractivity contribution in [1.82, 2.24) is 5.32 Å². The average molecular weight is 584 g/mol. The van der Waals surface area contributed by atoms with E-state index in [0.717, 1.165) is 63.1 Å². The third-order valence-corrected chi connectivity index (χ3v) is 10.8. The number of aliphatic hydroxyl groups is 1. The Bertz CT molecular complexity index is 1310. The van der Waals surface area contributed by atoms with Crippen molar-refractivity contribution in [3.8, 4) is 5.75 Å². The fourth-order valence-corrected chi connectivity index (χ4v) is 8.44. The summed E-state index contributed by atoms with van der Waals surface area (Å²) in [6.45, 7) is 4.29. The van der Waals surface area contributed by atoms with E-state index in [-0.39, 0.29) is 23.4 Å². The predicted octanol–water partition coefficient (Wildman–Crippen LogP) is 4.20. The monoisotopic (exact) mass is 583 g/mol. The Morgan fingerprint density at radius 3 is 2.69 bits per heavy atom. The number of methoxy groups -OCH3 is 1. The van der Waals surface area contributed by atoms with Gasteiger partial charge in [0.1, 0.15) is 6.04 Å². The summed E-state index contributed by atoms with van der Waals surface area (Å²) in [5.74, 6) is 0.0699. The Morgan fingerprint density at radius 1 is 1.17 bits per heavy atom. The predicted molar refractivity (Wildman–Crippen MR) is 154 cm³/mol. The Kier molecular flexibility index (Phi) is 8.33. The van der Waals surface area contributed by atoms with Crippen LogP contribution in [0.1, 0.15) is 70.8 Å². The summed E-state index contributed by atoms with van der Waals surface area (Å²) in [5.41, 5.74) is 2.25. The van der Waals surface area contributed by atoms with Crippen LogP contribution < -0.4 is 5.32 Å². The van der Waals surface area contributed by atoms with Gasteiger partial charge in [0.2, 0.25) is 0 Å². The van der Waals surface area contributed by atoms with Gasteiger partial charge in [-0.3, -0.25) is 14.9 Å². The zero-order chi connectivity index (χ0) is 30.2. The van der Waals surface area contributed by atoms with Crippen LogP contribution in [0.2, 0.25) is 0 Å². The number of hydrogen-bond acceptors (Lipinski definition) is 9. The lowest BCUT2D eigenvalue weighted by molar-refractivity contribution is -0.385. The number of carbonyl (C=O) groups is 2. The maximum Gasteiger partial charge on any atom is 0.328 e. The summed E-state index contributed by atoms with van der Waals surface area (Å²) in [4.78, 5) is 40.7. The molecule has 0 saturated heterocycles. The summed E-state index contributed by atoms with van der Waals surface area (Å²) < 4.78 is 4.79. The third kappa shape index (κ3) is 5.50. The number of phenolic OH excluding ortho intramolecular Hbond substituents is 1. The Labute approximate surface area is 245 Å². The molecule has 7 atom stereocenters. The number of nitrogens with one attached hydrogen (secondary N) is 1. The van der Waals surface area contributed by atoms with Gasteiger partial charge in [0.15, 0.2) is 12.4 Å². The number of amides is 1. The van der Waals surface area contributed by atoms with E-state index >= 15 is 0 Å². The number of aromatic hydroxyl groups is 1. The van der Waals surface area contributed by atoms with E-state index < -0.39 is 40.9 Å². The highest BCUT2D eigenvalue weighted by Gasteiger charge is 2.58. The van der Waals surface area contributed by atoms with Crippen molar-refractivity contribution in [3.05, 3.63) is 45.5 Å². The molecule has 0 radical (unpaired) electrons. The number of aliphatic hydroxyl groups excluding tert-OH is 1. The Hall–Kier alpha value is -3.47. The number of esters is 1. The molecule has 11 heteroatoms. The first-order valence-electron chi connectivity index (χ1n) is 14.9. The molecule has 1 aromatic rings. The molecule has 4 aliphatic rings. The van der Waals surface area contributed by atoms with E-state index in [2.05, 4.69) is 30.4 Å². The quantitative estimate of drug-likeness (QED) is 0.233. The van der Waals surface area contributed by atoms with Crippen LogP contribution in [0.5, 0.6) is 5.75 Å². The topological polar surface area (TPSA) is 161 Å². The molecule has 4 aliphatic carbocycles. The summed E-state index contributed by atoms with van der Waals surface area (Å²) in [5, 5.41) is 38.3. The number of oxime groups is 1. The van der Waals surface area contributed by atoms with E-state index in [1.165, 1.54) is 24.8 Å². The van der Waals surface area contributed by atoms with Crippen molar-refractivity contribution in [3.63, 3.8) is 0 Å². The van der Waals surface area contributed by atoms with Gasteiger partial charge in [0.25, 0.3) is 5.91 Å². The zero-order valence-electron chi connectivity index (χ0n) is 24.5. The molecule has 3 fully saturated rings. The van der Waals surface area contributed by atoms with Crippen molar-refractivity contribution in [2.75, 3.05) is 13.7 Å². The number of carbonyl (C=O) groups excluding carboxylic acids is 2. The highest BCUT2D eigenvalue weighted by Crippen LogP contribution is 2.65. The van der Waals surface area contributed by atoms with Gasteiger partial charge in [-0.25, -0.2) is 4.79 Å². The van der Waals surface area contributed by atoms with E-state index in [1.807, 2.05) is 0 Å². The summed E-state index contributed by atoms with van der Waals surface area (Å²) in [6, 6.07) is 2.66. The molecule has 3 N–H and O–H groups in total. The summed E-state index contributed by atoms with van der Waals surface area (Å²) in [6.07, 6.45) is 10.0. The molecule has 0 spiro atoms. The minimum Gasteiger partial charge on any atom is -0.502 e. The molecule has 228 valence electrons. The molecule has 0 aromatic heterocycles. The Balaban J connectivity index is 1.19. The maximum atomic E-state index is 12.6.